The standard InChI is InChI=1S/C21H29NO/c1-15(2)18-6-8-19(9-7-18)20(14-22)11-12-23-21-10-5-16(3)13-17(21)4/h5-10,13,15,20H,11-12,14,22H2,1-4H3. The number of aryl methyl sites for hydroxylation is 2. The Hall–Kier alpha value is -1.80. The first-order valence-electron chi connectivity index (χ1n) is 8.51. The van der Waals surface area contributed by atoms with Crippen LogP contribution in [0.4, 0.5) is 0 Å². The lowest BCUT2D eigenvalue weighted by atomic mass is 9.93. The van der Waals surface area contributed by atoms with Crippen molar-refractivity contribution in [2.45, 2.75) is 46.0 Å². The Morgan fingerprint density at radius 2 is 1.61 bits per heavy atom. The van der Waals surface area contributed by atoms with E-state index in [1.54, 1.807) is 0 Å². The van der Waals surface area contributed by atoms with Crippen molar-refractivity contribution in [2.24, 2.45) is 5.73 Å². The fraction of sp³-hybridized carbons (Fsp3) is 0.429. The van der Waals surface area contributed by atoms with Crippen LogP contribution in [-0.4, -0.2) is 13.2 Å². The van der Waals surface area contributed by atoms with E-state index in [0.29, 0.717) is 25.0 Å². The molecule has 0 bridgehead atoms. The Morgan fingerprint density at radius 3 is 2.17 bits per heavy atom. The molecule has 2 aromatic carbocycles. The molecule has 2 N–H and O–H groups in total. The van der Waals surface area contributed by atoms with E-state index >= 15 is 0 Å². The fourth-order valence-corrected chi connectivity index (χ4v) is 2.85. The molecule has 0 saturated carbocycles. The SMILES string of the molecule is Cc1ccc(OCCC(CN)c2ccc(C(C)C)cc2)c(C)c1. The maximum atomic E-state index is 5.98. The largest absolute Gasteiger partial charge is 0.493 e. The second-order valence-electron chi connectivity index (χ2n) is 6.66. The summed E-state index contributed by atoms with van der Waals surface area (Å²) >= 11 is 0. The third-order valence-corrected chi connectivity index (χ3v) is 4.41. The van der Waals surface area contributed by atoms with E-state index in [2.05, 4.69) is 70.2 Å². The molecule has 0 aromatic heterocycles. The first-order valence-corrected chi connectivity index (χ1v) is 8.51. The van der Waals surface area contributed by atoms with E-state index in [0.717, 1.165) is 12.2 Å². The van der Waals surface area contributed by atoms with Crippen LogP contribution in [0.3, 0.4) is 0 Å². The fourth-order valence-electron chi connectivity index (χ4n) is 2.85. The van der Waals surface area contributed by atoms with Crippen molar-refractivity contribution in [2.75, 3.05) is 13.2 Å². The number of nitrogens with two attached hydrogens (primary N) is 1. The van der Waals surface area contributed by atoms with Crippen LogP contribution in [0.5, 0.6) is 5.75 Å². The minimum Gasteiger partial charge on any atom is -0.493 e. The highest BCUT2D eigenvalue weighted by Crippen LogP contribution is 2.24. The van der Waals surface area contributed by atoms with Crippen LogP contribution >= 0.6 is 0 Å². The van der Waals surface area contributed by atoms with Crippen LogP contribution in [-0.2, 0) is 0 Å². The zero-order chi connectivity index (χ0) is 16.8. The molecule has 2 rings (SSSR count). The van der Waals surface area contributed by atoms with E-state index < -0.39 is 0 Å². The predicted octanol–water partition coefficient (Wildman–Crippen LogP) is 4.94. The Morgan fingerprint density at radius 1 is 0.957 bits per heavy atom. The van der Waals surface area contributed by atoms with E-state index in [1.807, 2.05) is 0 Å². The van der Waals surface area contributed by atoms with Crippen molar-refractivity contribution < 1.29 is 4.74 Å². The number of benzene rings is 2. The van der Waals surface area contributed by atoms with Gasteiger partial charge in [-0.2, -0.15) is 0 Å². The summed E-state index contributed by atoms with van der Waals surface area (Å²) in [5, 5.41) is 0. The lowest BCUT2D eigenvalue weighted by molar-refractivity contribution is 0.296. The zero-order valence-electron chi connectivity index (χ0n) is 14.8. The molecule has 0 aliphatic rings. The third kappa shape index (κ3) is 4.84. The van der Waals surface area contributed by atoms with Gasteiger partial charge >= 0.3 is 0 Å². The summed E-state index contributed by atoms with van der Waals surface area (Å²) in [6.07, 6.45) is 0.935. The van der Waals surface area contributed by atoms with E-state index in [1.165, 1.54) is 22.3 Å². The molecule has 2 nitrogen and oxygen atoms in total. The zero-order valence-corrected chi connectivity index (χ0v) is 14.8. The lowest BCUT2D eigenvalue weighted by Gasteiger charge is -2.17. The van der Waals surface area contributed by atoms with Crippen molar-refractivity contribution in [3.05, 3.63) is 64.7 Å². The lowest BCUT2D eigenvalue weighted by Crippen LogP contribution is -2.16. The van der Waals surface area contributed by atoms with Crippen molar-refractivity contribution >= 4 is 0 Å². The highest BCUT2D eigenvalue weighted by molar-refractivity contribution is 5.35. The monoisotopic (exact) mass is 311 g/mol. The summed E-state index contributed by atoms with van der Waals surface area (Å²) in [7, 11) is 0. The normalized spacial score (nSPS) is 12.4. The minimum absolute atomic E-state index is 0.349. The molecule has 0 saturated heterocycles. The molecule has 0 spiro atoms. The predicted molar refractivity (Wildman–Crippen MR) is 98.4 cm³/mol. The van der Waals surface area contributed by atoms with Crippen LogP contribution in [0.25, 0.3) is 0 Å². The van der Waals surface area contributed by atoms with Gasteiger partial charge in [0, 0.05) is 0 Å². The highest BCUT2D eigenvalue weighted by Gasteiger charge is 2.11. The van der Waals surface area contributed by atoms with Gasteiger partial charge in [-0.05, 0) is 61.4 Å². The average molecular weight is 311 g/mol. The molecule has 0 heterocycles. The van der Waals surface area contributed by atoms with Crippen LogP contribution < -0.4 is 10.5 Å². The summed E-state index contributed by atoms with van der Waals surface area (Å²) in [5.41, 5.74) is 11.1. The summed E-state index contributed by atoms with van der Waals surface area (Å²) in [6, 6.07) is 15.2. The average Bonchev–Trinajstić information content (AvgIpc) is 2.53. The Balaban J connectivity index is 1.94. The van der Waals surface area contributed by atoms with Crippen LogP contribution in [0.2, 0.25) is 0 Å². The molecular weight excluding hydrogens is 282 g/mol. The second-order valence-corrected chi connectivity index (χ2v) is 6.66. The summed E-state index contributed by atoms with van der Waals surface area (Å²) in [6.45, 7) is 9.96. The van der Waals surface area contributed by atoms with Gasteiger partial charge in [0.05, 0.1) is 6.61 Å². The van der Waals surface area contributed by atoms with Crippen molar-refractivity contribution in [1.82, 2.24) is 0 Å². The Labute approximate surface area is 140 Å². The molecule has 0 fully saturated rings. The summed E-state index contributed by atoms with van der Waals surface area (Å²) in [5.74, 6) is 1.89. The maximum absolute atomic E-state index is 5.98. The number of hydrogen-bond acceptors (Lipinski definition) is 2. The van der Waals surface area contributed by atoms with Gasteiger partial charge in [0.1, 0.15) is 5.75 Å². The molecule has 0 radical (unpaired) electrons. The van der Waals surface area contributed by atoms with Gasteiger partial charge in [0.15, 0.2) is 0 Å². The van der Waals surface area contributed by atoms with Gasteiger partial charge in [-0.1, -0.05) is 55.8 Å². The van der Waals surface area contributed by atoms with E-state index in [4.69, 9.17) is 10.5 Å². The van der Waals surface area contributed by atoms with Gasteiger partial charge in [0.2, 0.25) is 0 Å². The van der Waals surface area contributed by atoms with Crippen molar-refractivity contribution in [3.63, 3.8) is 0 Å². The van der Waals surface area contributed by atoms with Crippen LogP contribution in [0.1, 0.15) is 54.4 Å². The van der Waals surface area contributed by atoms with Gasteiger partial charge in [-0.15, -0.1) is 0 Å². The van der Waals surface area contributed by atoms with E-state index in [-0.39, 0.29) is 0 Å². The first kappa shape index (κ1) is 17.6. The van der Waals surface area contributed by atoms with E-state index in [9.17, 15) is 0 Å². The smallest absolute Gasteiger partial charge is 0.122 e. The number of ether oxygens (including phenoxy) is 1. The summed E-state index contributed by atoms with van der Waals surface area (Å²) in [4.78, 5) is 0. The molecule has 1 unspecified atom stereocenters. The number of rotatable bonds is 7. The van der Waals surface area contributed by atoms with Crippen molar-refractivity contribution in [1.29, 1.82) is 0 Å². The quantitative estimate of drug-likeness (QED) is 0.786. The topological polar surface area (TPSA) is 35.2 Å². The molecule has 1 atom stereocenters. The molecule has 2 heteroatoms. The molecule has 23 heavy (non-hydrogen) atoms. The molecule has 0 aliphatic carbocycles. The van der Waals surface area contributed by atoms with Gasteiger partial charge in [0.25, 0.3) is 0 Å². The van der Waals surface area contributed by atoms with Crippen molar-refractivity contribution in [3.8, 4) is 5.75 Å². The Kier molecular flexibility index (Phi) is 6.23. The highest BCUT2D eigenvalue weighted by atomic mass is 16.5. The second kappa shape index (κ2) is 8.16. The van der Waals surface area contributed by atoms with Gasteiger partial charge < -0.3 is 10.5 Å². The Bertz CT molecular complexity index is 616. The maximum Gasteiger partial charge on any atom is 0.122 e. The molecule has 0 amide bonds. The molecule has 0 aliphatic heterocycles. The van der Waals surface area contributed by atoms with Gasteiger partial charge in [-0.3, -0.25) is 0 Å². The third-order valence-electron chi connectivity index (χ3n) is 4.41. The van der Waals surface area contributed by atoms with Crippen LogP contribution in [0.15, 0.2) is 42.5 Å². The molecule has 124 valence electrons. The first-order chi connectivity index (χ1) is 11.0. The molecular formula is C21H29NO. The van der Waals surface area contributed by atoms with Gasteiger partial charge in [-0.25, -0.2) is 0 Å². The van der Waals surface area contributed by atoms with Crippen LogP contribution in [0, 0.1) is 13.8 Å². The number of hydrogen-bond donors (Lipinski definition) is 1. The molecule has 2 aromatic rings. The minimum atomic E-state index is 0.349. The summed E-state index contributed by atoms with van der Waals surface area (Å²) < 4.78 is 5.95.